The Morgan fingerprint density at radius 1 is 0.886 bits per heavy atom. The molecule has 2 aromatic carbocycles. The Labute approximate surface area is 205 Å². The minimum Gasteiger partial charge on any atom is -0.497 e. The van der Waals surface area contributed by atoms with Gasteiger partial charge in [-0.05, 0) is 35.4 Å². The zero-order chi connectivity index (χ0) is 25.5. The smallest absolute Gasteiger partial charge is 0.264 e. The summed E-state index contributed by atoms with van der Waals surface area (Å²) in [5.74, 6) is 1.41. The number of aliphatic hydroxyl groups excluding tert-OH is 1. The summed E-state index contributed by atoms with van der Waals surface area (Å²) >= 11 is 0. The molecule has 0 amide bonds. The van der Waals surface area contributed by atoms with Gasteiger partial charge in [-0.25, -0.2) is 0 Å². The Balaban J connectivity index is 1.78. The van der Waals surface area contributed by atoms with Crippen LogP contribution >= 0.6 is 0 Å². The lowest BCUT2D eigenvalue weighted by molar-refractivity contribution is -0.206. The van der Waals surface area contributed by atoms with Gasteiger partial charge in [0.05, 0.1) is 40.3 Å². The van der Waals surface area contributed by atoms with E-state index in [1.165, 1.54) is 7.11 Å². The molecule has 1 saturated heterocycles. The molecule has 1 N–H and O–H groups in total. The highest BCUT2D eigenvalue weighted by molar-refractivity contribution is 7.85. The van der Waals surface area contributed by atoms with Gasteiger partial charge >= 0.3 is 0 Å². The maximum atomic E-state index is 11.8. The largest absolute Gasteiger partial charge is 0.497 e. The van der Waals surface area contributed by atoms with Crippen molar-refractivity contribution in [3.8, 4) is 11.5 Å². The maximum Gasteiger partial charge on any atom is 0.264 e. The standard InChI is InChI=1S/C24H32O10S/c1-28-19-9-5-17(6-10-19)13-31-15-24(16-33-35(4,26)27)22(21(25)23(30-3)34-24)32-14-18-7-11-20(29-2)12-8-18/h5-12,21-23,25H,13-16H2,1-4H3/t21-,22?,23+,24-/m0/s1. The number of rotatable bonds is 13. The highest BCUT2D eigenvalue weighted by Gasteiger charge is 2.57. The average Bonchev–Trinajstić information content (AvgIpc) is 3.12. The molecule has 1 fully saturated rings. The highest BCUT2D eigenvalue weighted by atomic mass is 32.2. The molecule has 4 atom stereocenters. The number of hydrogen-bond acceptors (Lipinski definition) is 10. The fourth-order valence-electron chi connectivity index (χ4n) is 3.71. The fraction of sp³-hybridized carbons (Fsp3) is 0.500. The van der Waals surface area contributed by atoms with Crippen LogP contribution in [0.15, 0.2) is 48.5 Å². The van der Waals surface area contributed by atoms with Crippen LogP contribution in [0.1, 0.15) is 11.1 Å². The summed E-state index contributed by atoms with van der Waals surface area (Å²) in [6.07, 6.45) is -2.35. The highest BCUT2D eigenvalue weighted by Crippen LogP contribution is 2.36. The van der Waals surface area contributed by atoms with Gasteiger partial charge in [-0.15, -0.1) is 0 Å². The first-order valence-corrected chi connectivity index (χ1v) is 12.7. The van der Waals surface area contributed by atoms with Crippen molar-refractivity contribution in [3.05, 3.63) is 59.7 Å². The Bertz CT molecular complexity index is 1030. The van der Waals surface area contributed by atoms with Crippen molar-refractivity contribution < 1.29 is 46.1 Å². The molecule has 1 unspecified atom stereocenters. The van der Waals surface area contributed by atoms with Gasteiger partial charge in [0.15, 0.2) is 6.29 Å². The van der Waals surface area contributed by atoms with E-state index in [-0.39, 0.29) is 19.8 Å². The van der Waals surface area contributed by atoms with Crippen molar-refractivity contribution in [3.63, 3.8) is 0 Å². The van der Waals surface area contributed by atoms with Crippen molar-refractivity contribution in [1.82, 2.24) is 0 Å². The van der Waals surface area contributed by atoms with Crippen LogP contribution in [0.4, 0.5) is 0 Å². The van der Waals surface area contributed by atoms with Crippen LogP contribution in [-0.2, 0) is 46.5 Å². The van der Waals surface area contributed by atoms with Crippen molar-refractivity contribution in [2.45, 2.75) is 37.3 Å². The number of methoxy groups -OCH3 is 3. The summed E-state index contributed by atoms with van der Waals surface area (Å²) in [5, 5.41) is 10.9. The average molecular weight is 513 g/mol. The van der Waals surface area contributed by atoms with E-state index >= 15 is 0 Å². The molecule has 0 aliphatic carbocycles. The summed E-state index contributed by atoms with van der Waals surface area (Å²) in [6.45, 7) is -0.241. The summed E-state index contributed by atoms with van der Waals surface area (Å²) < 4.78 is 62.2. The summed E-state index contributed by atoms with van der Waals surface area (Å²) in [6, 6.07) is 14.5. The van der Waals surface area contributed by atoms with Crippen LogP contribution in [0, 0.1) is 0 Å². The summed E-state index contributed by atoms with van der Waals surface area (Å²) in [5.41, 5.74) is 0.223. The van der Waals surface area contributed by atoms with Crippen LogP contribution in [0.3, 0.4) is 0 Å². The molecule has 10 nitrogen and oxygen atoms in total. The lowest BCUT2D eigenvalue weighted by Crippen LogP contribution is -2.52. The monoisotopic (exact) mass is 512 g/mol. The molecular weight excluding hydrogens is 480 g/mol. The van der Waals surface area contributed by atoms with Gasteiger partial charge in [-0.2, -0.15) is 8.42 Å². The first-order valence-electron chi connectivity index (χ1n) is 10.9. The second-order valence-corrected chi connectivity index (χ2v) is 9.81. The van der Waals surface area contributed by atoms with E-state index in [2.05, 4.69) is 0 Å². The van der Waals surface area contributed by atoms with Gasteiger partial charge in [-0.1, -0.05) is 24.3 Å². The molecule has 1 aliphatic rings. The second kappa shape index (κ2) is 12.1. The molecule has 2 aromatic rings. The van der Waals surface area contributed by atoms with Gasteiger partial charge in [0.1, 0.15) is 35.9 Å². The number of benzene rings is 2. The van der Waals surface area contributed by atoms with Gasteiger partial charge in [0.2, 0.25) is 0 Å². The molecule has 194 valence electrons. The van der Waals surface area contributed by atoms with E-state index in [4.69, 9.17) is 32.6 Å². The zero-order valence-corrected chi connectivity index (χ0v) is 21.0. The topological polar surface area (TPSA) is 119 Å². The number of aliphatic hydroxyl groups is 1. The Morgan fingerprint density at radius 3 is 1.91 bits per heavy atom. The summed E-state index contributed by atoms with van der Waals surface area (Å²) in [7, 11) is 0.715. The summed E-state index contributed by atoms with van der Waals surface area (Å²) in [4.78, 5) is 0. The molecule has 35 heavy (non-hydrogen) atoms. The molecule has 0 spiro atoms. The lowest BCUT2D eigenvalue weighted by atomic mass is 9.96. The molecule has 11 heteroatoms. The van der Waals surface area contributed by atoms with Crippen LogP contribution in [0.5, 0.6) is 11.5 Å². The predicted octanol–water partition coefficient (Wildman–Crippen LogP) is 1.88. The molecule has 0 radical (unpaired) electrons. The van der Waals surface area contributed by atoms with E-state index < -0.39 is 40.8 Å². The Morgan fingerprint density at radius 2 is 1.43 bits per heavy atom. The zero-order valence-electron chi connectivity index (χ0n) is 20.2. The van der Waals surface area contributed by atoms with Gasteiger partial charge in [0, 0.05) is 7.11 Å². The molecule has 0 saturated carbocycles. The third-order valence-corrected chi connectivity index (χ3v) is 6.12. The first-order chi connectivity index (χ1) is 16.7. The predicted molar refractivity (Wildman–Crippen MR) is 126 cm³/mol. The molecule has 0 aromatic heterocycles. The minimum atomic E-state index is -3.82. The van der Waals surface area contributed by atoms with E-state index in [1.807, 2.05) is 24.3 Å². The SMILES string of the molecule is COc1ccc(COC[C@@]2(COS(C)(=O)=O)O[C@@H](OC)[C@@H](O)C2OCc2ccc(OC)cc2)cc1. The first kappa shape index (κ1) is 27.3. The van der Waals surface area contributed by atoms with Crippen molar-refractivity contribution in [1.29, 1.82) is 0 Å². The minimum absolute atomic E-state index is 0.116. The van der Waals surface area contributed by atoms with Crippen LogP contribution in [-0.4, -0.2) is 78.4 Å². The van der Waals surface area contributed by atoms with E-state index in [0.717, 1.165) is 17.4 Å². The quantitative estimate of drug-likeness (QED) is 0.399. The molecule has 1 aliphatic heterocycles. The van der Waals surface area contributed by atoms with Crippen LogP contribution < -0.4 is 9.47 Å². The van der Waals surface area contributed by atoms with Crippen molar-refractivity contribution in [2.24, 2.45) is 0 Å². The normalized spacial score (nSPS) is 24.4. The van der Waals surface area contributed by atoms with Gasteiger partial charge in [0.25, 0.3) is 10.1 Å². The van der Waals surface area contributed by atoms with Gasteiger partial charge in [-0.3, -0.25) is 4.18 Å². The lowest BCUT2D eigenvalue weighted by Gasteiger charge is -2.33. The van der Waals surface area contributed by atoms with Crippen molar-refractivity contribution >= 4 is 10.1 Å². The Hall–Kier alpha value is -2.25. The third-order valence-electron chi connectivity index (χ3n) is 5.57. The van der Waals surface area contributed by atoms with E-state index in [0.29, 0.717) is 11.5 Å². The molecule has 1 heterocycles. The van der Waals surface area contributed by atoms with E-state index in [9.17, 15) is 13.5 Å². The van der Waals surface area contributed by atoms with E-state index in [1.54, 1.807) is 38.5 Å². The molecule has 3 rings (SSSR count). The van der Waals surface area contributed by atoms with Crippen LogP contribution in [0.2, 0.25) is 0 Å². The maximum absolute atomic E-state index is 11.8. The molecule has 0 bridgehead atoms. The fourth-order valence-corrected chi connectivity index (χ4v) is 4.13. The van der Waals surface area contributed by atoms with Gasteiger partial charge < -0.3 is 33.5 Å². The third kappa shape index (κ3) is 7.37. The Kier molecular flexibility index (Phi) is 9.47. The van der Waals surface area contributed by atoms with Crippen LogP contribution in [0.25, 0.3) is 0 Å². The van der Waals surface area contributed by atoms with Crippen molar-refractivity contribution in [2.75, 3.05) is 40.8 Å². The number of hydrogen-bond donors (Lipinski definition) is 1. The molecular formula is C24H32O10S. The second-order valence-electron chi connectivity index (χ2n) is 8.16. The number of ether oxygens (including phenoxy) is 6.